The molecule has 1 saturated heterocycles. The number of nitrogens with one attached hydrogen (secondary N) is 1. The van der Waals surface area contributed by atoms with Gasteiger partial charge in [0, 0.05) is 26.1 Å². The summed E-state index contributed by atoms with van der Waals surface area (Å²) in [4.78, 5) is 14.3. The van der Waals surface area contributed by atoms with Gasteiger partial charge in [0.15, 0.2) is 0 Å². The number of nitrogens with zero attached hydrogens (tertiary/aromatic N) is 4. The van der Waals surface area contributed by atoms with Gasteiger partial charge in [0.05, 0.1) is 6.10 Å². The summed E-state index contributed by atoms with van der Waals surface area (Å²) in [7, 11) is 1.73. The van der Waals surface area contributed by atoms with Crippen molar-refractivity contribution in [2.45, 2.75) is 19.4 Å². The maximum Gasteiger partial charge on any atom is 0.231 e. The number of aliphatic hydroxyl groups excluding tert-OH is 1. The van der Waals surface area contributed by atoms with Gasteiger partial charge in [0.1, 0.15) is 0 Å². The second-order valence-corrected chi connectivity index (χ2v) is 4.55. The molecule has 0 spiro atoms. The first-order valence-electron chi connectivity index (χ1n) is 5.62. The molecule has 7 heteroatoms. The molecule has 2 N–H and O–H groups in total. The first kappa shape index (κ1) is 12.3. The van der Waals surface area contributed by atoms with Crippen LogP contribution in [0.1, 0.15) is 13.3 Å². The lowest BCUT2D eigenvalue weighted by molar-refractivity contribution is 0.136. The summed E-state index contributed by atoms with van der Waals surface area (Å²) in [6.45, 7) is 3.40. The van der Waals surface area contributed by atoms with Crippen LogP contribution in [0.2, 0.25) is 5.28 Å². The molecule has 0 amide bonds. The van der Waals surface area contributed by atoms with Gasteiger partial charge in [-0.15, -0.1) is 0 Å². The summed E-state index contributed by atoms with van der Waals surface area (Å²) in [6.07, 6.45) is 0.636. The van der Waals surface area contributed by atoms with E-state index in [4.69, 9.17) is 11.6 Å². The molecule has 2 atom stereocenters. The smallest absolute Gasteiger partial charge is 0.231 e. The molecule has 94 valence electrons. The zero-order valence-corrected chi connectivity index (χ0v) is 10.6. The first-order valence-corrected chi connectivity index (χ1v) is 6.00. The van der Waals surface area contributed by atoms with Crippen LogP contribution in [0.3, 0.4) is 0 Å². The van der Waals surface area contributed by atoms with E-state index in [0.717, 1.165) is 19.5 Å². The lowest BCUT2D eigenvalue weighted by atomic mass is 10.0. The molecule has 6 nitrogen and oxygen atoms in total. The SMILES string of the molecule is CNc1nc(Cl)nc(N2CCC(C(C)O)C2)n1. The summed E-state index contributed by atoms with van der Waals surface area (Å²) < 4.78 is 0. The van der Waals surface area contributed by atoms with Crippen molar-refractivity contribution < 1.29 is 5.11 Å². The second kappa shape index (κ2) is 5.01. The van der Waals surface area contributed by atoms with Crippen molar-refractivity contribution in [2.24, 2.45) is 5.92 Å². The van der Waals surface area contributed by atoms with E-state index in [0.29, 0.717) is 11.9 Å². The minimum absolute atomic E-state index is 0.180. The Hall–Kier alpha value is -1.14. The Kier molecular flexibility index (Phi) is 3.63. The molecule has 17 heavy (non-hydrogen) atoms. The molecular weight excluding hydrogens is 242 g/mol. The number of aliphatic hydroxyl groups is 1. The molecule has 1 aliphatic heterocycles. The van der Waals surface area contributed by atoms with Gasteiger partial charge in [-0.05, 0) is 24.9 Å². The van der Waals surface area contributed by atoms with E-state index in [9.17, 15) is 5.11 Å². The Balaban J connectivity index is 2.15. The zero-order valence-electron chi connectivity index (χ0n) is 9.89. The van der Waals surface area contributed by atoms with Gasteiger partial charge in [-0.2, -0.15) is 15.0 Å². The van der Waals surface area contributed by atoms with E-state index in [-0.39, 0.29) is 17.3 Å². The zero-order chi connectivity index (χ0) is 12.4. The number of rotatable bonds is 3. The van der Waals surface area contributed by atoms with Crippen molar-refractivity contribution in [1.29, 1.82) is 0 Å². The average molecular weight is 258 g/mol. The van der Waals surface area contributed by atoms with Crippen LogP contribution in [0.15, 0.2) is 0 Å². The third-order valence-corrected chi connectivity index (χ3v) is 3.18. The lowest BCUT2D eigenvalue weighted by Crippen LogP contribution is -2.25. The van der Waals surface area contributed by atoms with Crippen LogP contribution in [-0.2, 0) is 0 Å². The van der Waals surface area contributed by atoms with Crippen LogP contribution < -0.4 is 10.2 Å². The molecule has 0 radical (unpaired) electrons. The first-order chi connectivity index (χ1) is 8.10. The second-order valence-electron chi connectivity index (χ2n) is 4.21. The third kappa shape index (κ3) is 2.76. The van der Waals surface area contributed by atoms with E-state index >= 15 is 0 Å². The predicted octanol–water partition coefficient (Wildman–Crippen LogP) is 0.774. The van der Waals surface area contributed by atoms with Crippen LogP contribution in [0.5, 0.6) is 0 Å². The van der Waals surface area contributed by atoms with Gasteiger partial charge in [-0.3, -0.25) is 0 Å². The number of hydrogen-bond acceptors (Lipinski definition) is 6. The molecule has 0 bridgehead atoms. The normalized spacial score (nSPS) is 21.6. The van der Waals surface area contributed by atoms with Crippen molar-refractivity contribution in [3.8, 4) is 0 Å². The van der Waals surface area contributed by atoms with Crippen molar-refractivity contribution in [3.63, 3.8) is 0 Å². The number of aromatic nitrogens is 3. The van der Waals surface area contributed by atoms with Gasteiger partial charge in [-0.25, -0.2) is 0 Å². The molecule has 2 unspecified atom stereocenters. The molecule has 2 heterocycles. The Morgan fingerprint density at radius 1 is 1.47 bits per heavy atom. The highest BCUT2D eigenvalue weighted by atomic mass is 35.5. The summed E-state index contributed by atoms with van der Waals surface area (Å²) in [5.41, 5.74) is 0. The van der Waals surface area contributed by atoms with E-state index in [1.54, 1.807) is 7.05 Å². The fraction of sp³-hybridized carbons (Fsp3) is 0.700. The van der Waals surface area contributed by atoms with Crippen molar-refractivity contribution in [1.82, 2.24) is 15.0 Å². The third-order valence-electron chi connectivity index (χ3n) is 3.01. The highest BCUT2D eigenvalue weighted by molar-refractivity contribution is 6.28. The maximum atomic E-state index is 9.55. The number of halogens is 1. The Morgan fingerprint density at radius 2 is 2.24 bits per heavy atom. The molecule has 0 aliphatic carbocycles. The van der Waals surface area contributed by atoms with Gasteiger partial charge >= 0.3 is 0 Å². The number of hydrogen-bond donors (Lipinski definition) is 2. The minimum atomic E-state index is -0.305. The molecule has 1 aromatic rings. The lowest BCUT2D eigenvalue weighted by Gasteiger charge is -2.17. The molecule has 0 aromatic carbocycles. The molecule has 1 aromatic heterocycles. The number of anilines is 2. The highest BCUT2D eigenvalue weighted by Gasteiger charge is 2.28. The summed E-state index contributed by atoms with van der Waals surface area (Å²) >= 11 is 5.83. The molecular formula is C10H16ClN5O. The molecule has 1 fully saturated rings. The maximum absolute atomic E-state index is 9.55. The van der Waals surface area contributed by atoms with Gasteiger partial charge in [0.2, 0.25) is 17.2 Å². The van der Waals surface area contributed by atoms with Crippen molar-refractivity contribution in [2.75, 3.05) is 30.4 Å². The Bertz CT molecular complexity index is 400. The topological polar surface area (TPSA) is 74.2 Å². The van der Waals surface area contributed by atoms with Crippen LogP contribution in [0.4, 0.5) is 11.9 Å². The summed E-state index contributed by atoms with van der Waals surface area (Å²) in [5.74, 6) is 1.29. The predicted molar refractivity (Wildman–Crippen MR) is 66.4 cm³/mol. The van der Waals surface area contributed by atoms with Crippen molar-refractivity contribution in [3.05, 3.63) is 5.28 Å². The van der Waals surface area contributed by atoms with Gasteiger partial charge < -0.3 is 15.3 Å². The highest BCUT2D eigenvalue weighted by Crippen LogP contribution is 2.24. The quantitative estimate of drug-likeness (QED) is 0.833. The summed E-state index contributed by atoms with van der Waals surface area (Å²) in [5, 5.41) is 12.6. The van der Waals surface area contributed by atoms with E-state index in [1.807, 2.05) is 11.8 Å². The van der Waals surface area contributed by atoms with E-state index < -0.39 is 0 Å². The average Bonchev–Trinajstić information content (AvgIpc) is 2.77. The molecule has 1 aliphatic rings. The minimum Gasteiger partial charge on any atom is -0.393 e. The monoisotopic (exact) mass is 257 g/mol. The van der Waals surface area contributed by atoms with Gasteiger partial charge in [-0.1, -0.05) is 0 Å². The standard InChI is InChI=1S/C10H16ClN5O/c1-6(17)7-3-4-16(5-7)10-14-8(11)13-9(12-2)15-10/h6-7,17H,3-5H2,1-2H3,(H,12,13,14,15). The largest absolute Gasteiger partial charge is 0.393 e. The Morgan fingerprint density at radius 3 is 2.82 bits per heavy atom. The molecule has 2 rings (SSSR count). The van der Waals surface area contributed by atoms with Crippen LogP contribution >= 0.6 is 11.6 Å². The van der Waals surface area contributed by atoms with Crippen LogP contribution in [0, 0.1) is 5.92 Å². The van der Waals surface area contributed by atoms with Gasteiger partial charge in [0.25, 0.3) is 0 Å². The van der Waals surface area contributed by atoms with E-state index in [2.05, 4.69) is 20.3 Å². The van der Waals surface area contributed by atoms with Crippen LogP contribution in [-0.4, -0.2) is 46.3 Å². The fourth-order valence-electron chi connectivity index (χ4n) is 1.96. The Labute approximate surface area is 105 Å². The van der Waals surface area contributed by atoms with E-state index in [1.165, 1.54) is 0 Å². The van der Waals surface area contributed by atoms with Crippen LogP contribution in [0.25, 0.3) is 0 Å². The summed E-state index contributed by atoms with van der Waals surface area (Å²) in [6, 6.07) is 0. The fourth-order valence-corrected chi connectivity index (χ4v) is 2.11. The molecule has 0 saturated carbocycles. The van der Waals surface area contributed by atoms with Crippen molar-refractivity contribution >= 4 is 23.5 Å².